The average molecular weight is 207 g/mol. The second-order valence-corrected chi connectivity index (χ2v) is 3.75. The molecule has 0 amide bonds. The summed E-state index contributed by atoms with van der Waals surface area (Å²) in [7, 11) is 0. The zero-order valence-corrected chi connectivity index (χ0v) is 8.35. The fraction of sp³-hybridized carbons (Fsp3) is 0.455. The van der Waals surface area contributed by atoms with Crippen LogP contribution in [0.15, 0.2) is 24.4 Å². The van der Waals surface area contributed by atoms with E-state index in [9.17, 15) is 9.90 Å². The molecule has 4 nitrogen and oxygen atoms in total. The first-order valence-electron chi connectivity index (χ1n) is 5.00. The van der Waals surface area contributed by atoms with E-state index in [1.165, 1.54) is 0 Å². The maximum absolute atomic E-state index is 11.2. The molecule has 1 fully saturated rings. The van der Waals surface area contributed by atoms with Gasteiger partial charge in [0.05, 0.1) is 0 Å². The van der Waals surface area contributed by atoms with Gasteiger partial charge in [0, 0.05) is 24.9 Å². The quantitative estimate of drug-likeness (QED) is 0.810. The summed E-state index contributed by atoms with van der Waals surface area (Å²) in [5.41, 5.74) is -0.282. The van der Waals surface area contributed by atoms with E-state index in [1.54, 1.807) is 6.20 Å². The molecule has 1 aliphatic rings. The molecule has 1 N–H and O–H groups in total. The van der Waals surface area contributed by atoms with Gasteiger partial charge in [0.2, 0.25) is 0 Å². The average Bonchev–Trinajstić information content (AvgIpc) is 2.69. The lowest BCUT2D eigenvalue weighted by Crippen LogP contribution is -2.40. The van der Waals surface area contributed by atoms with Crippen molar-refractivity contribution in [3.63, 3.8) is 0 Å². The molecule has 0 bridgehead atoms. The van der Waals surface area contributed by atoms with E-state index in [4.69, 9.17) is 4.74 Å². The minimum absolute atomic E-state index is 0.350. The number of hydrogen-bond acceptors (Lipinski definition) is 3. The molecule has 0 saturated carbocycles. The van der Waals surface area contributed by atoms with Gasteiger partial charge in [-0.25, -0.2) is 4.79 Å². The van der Waals surface area contributed by atoms with Gasteiger partial charge in [-0.2, -0.15) is 0 Å². The summed E-state index contributed by atoms with van der Waals surface area (Å²) in [4.78, 5) is 15.3. The summed E-state index contributed by atoms with van der Waals surface area (Å²) in [6, 6.07) is 5.49. The largest absolute Gasteiger partial charge is 0.479 e. The van der Waals surface area contributed by atoms with Crippen LogP contribution in [0.5, 0.6) is 0 Å². The number of carboxylic acids is 1. The Balaban J connectivity index is 2.18. The Kier molecular flexibility index (Phi) is 2.68. The van der Waals surface area contributed by atoms with Crippen molar-refractivity contribution in [2.45, 2.75) is 24.9 Å². The molecule has 0 aromatic carbocycles. The number of aliphatic carboxylic acids is 1. The minimum atomic E-state index is -1.05. The Hall–Kier alpha value is -1.42. The number of rotatable bonds is 3. The molecule has 1 aliphatic heterocycles. The summed E-state index contributed by atoms with van der Waals surface area (Å²) in [5, 5.41) is 9.17. The van der Waals surface area contributed by atoms with Gasteiger partial charge in [-0.3, -0.25) is 4.98 Å². The lowest BCUT2D eigenvalue weighted by Gasteiger charge is -2.22. The SMILES string of the molecule is O=C(O)C1(Cc2ccccn2)CCCO1. The van der Waals surface area contributed by atoms with Gasteiger partial charge in [-0.1, -0.05) is 6.07 Å². The molecule has 0 aliphatic carbocycles. The first-order valence-corrected chi connectivity index (χ1v) is 5.00. The Morgan fingerprint density at radius 3 is 3.00 bits per heavy atom. The molecule has 80 valence electrons. The zero-order chi connectivity index (χ0) is 10.7. The van der Waals surface area contributed by atoms with Crippen LogP contribution in [-0.2, 0) is 16.0 Å². The number of pyridine rings is 1. The van der Waals surface area contributed by atoms with Gasteiger partial charge >= 0.3 is 5.97 Å². The second-order valence-electron chi connectivity index (χ2n) is 3.75. The first kappa shape index (κ1) is 10.1. The molecule has 0 radical (unpaired) electrons. The molecule has 1 aromatic rings. The Morgan fingerprint density at radius 1 is 1.60 bits per heavy atom. The molecule has 15 heavy (non-hydrogen) atoms. The Morgan fingerprint density at radius 2 is 2.47 bits per heavy atom. The van der Waals surface area contributed by atoms with Crippen molar-refractivity contribution < 1.29 is 14.6 Å². The van der Waals surface area contributed by atoms with Gasteiger partial charge in [0.1, 0.15) is 0 Å². The predicted octanol–water partition coefficient (Wildman–Crippen LogP) is 1.26. The number of ether oxygens (including phenoxy) is 1. The molecule has 4 heteroatoms. The number of hydrogen-bond donors (Lipinski definition) is 1. The highest BCUT2D eigenvalue weighted by Crippen LogP contribution is 2.29. The van der Waals surface area contributed by atoms with E-state index in [-0.39, 0.29) is 0 Å². The lowest BCUT2D eigenvalue weighted by atomic mass is 9.94. The van der Waals surface area contributed by atoms with E-state index in [0.717, 1.165) is 12.1 Å². The summed E-state index contributed by atoms with van der Waals surface area (Å²) in [6.07, 6.45) is 3.39. The van der Waals surface area contributed by atoms with E-state index < -0.39 is 11.6 Å². The van der Waals surface area contributed by atoms with Gasteiger partial charge in [0.15, 0.2) is 5.60 Å². The molecule has 2 heterocycles. The number of carboxylic acid groups (broad SMARTS) is 1. The van der Waals surface area contributed by atoms with Gasteiger partial charge in [0.25, 0.3) is 0 Å². The highest BCUT2D eigenvalue weighted by molar-refractivity contribution is 5.78. The van der Waals surface area contributed by atoms with Crippen molar-refractivity contribution in [1.82, 2.24) is 4.98 Å². The monoisotopic (exact) mass is 207 g/mol. The van der Waals surface area contributed by atoms with Crippen LogP contribution in [0.25, 0.3) is 0 Å². The standard InChI is InChI=1S/C11H13NO3/c13-10(14)11(5-3-7-15-11)8-9-4-1-2-6-12-9/h1-2,4,6H,3,5,7-8H2,(H,13,14). The number of nitrogens with zero attached hydrogens (tertiary/aromatic N) is 1. The van der Waals surface area contributed by atoms with Gasteiger partial charge < -0.3 is 9.84 Å². The minimum Gasteiger partial charge on any atom is -0.479 e. The van der Waals surface area contributed by atoms with Crippen molar-refractivity contribution in [2.75, 3.05) is 6.61 Å². The smallest absolute Gasteiger partial charge is 0.336 e. The van der Waals surface area contributed by atoms with Crippen molar-refractivity contribution in [3.8, 4) is 0 Å². The highest BCUT2D eigenvalue weighted by Gasteiger charge is 2.43. The first-order chi connectivity index (χ1) is 7.23. The molecule has 1 saturated heterocycles. The maximum Gasteiger partial charge on any atom is 0.336 e. The van der Waals surface area contributed by atoms with Crippen LogP contribution >= 0.6 is 0 Å². The molecule has 0 spiro atoms. The molecule has 1 aromatic heterocycles. The third-order valence-electron chi connectivity index (χ3n) is 2.69. The maximum atomic E-state index is 11.2. The Labute approximate surface area is 87.9 Å². The fourth-order valence-electron chi connectivity index (χ4n) is 1.88. The van der Waals surface area contributed by atoms with Crippen molar-refractivity contribution in [2.24, 2.45) is 0 Å². The second kappa shape index (κ2) is 3.98. The Bertz CT molecular complexity index is 344. The highest BCUT2D eigenvalue weighted by atomic mass is 16.5. The molecular weight excluding hydrogens is 194 g/mol. The van der Waals surface area contributed by atoms with Crippen LogP contribution in [0.2, 0.25) is 0 Å². The van der Waals surface area contributed by atoms with Crippen LogP contribution in [0.4, 0.5) is 0 Å². The molecule has 1 atom stereocenters. The third kappa shape index (κ3) is 1.99. The van der Waals surface area contributed by atoms with Crippen molar-refractivity contribution in [1.29, 1.82) is 0 Å². The van der Waals surface area contributed by atoms with E-state index in [2.05, 4.69) is 4.98 Å². The summed E-state index contributed by atoms with van der Waals surface area (Å²) < 4.78 is 5.37. The van der Waals surface area contributed by atoms with E-state index >= 15 is 0 Å². The van der Waals surface area contributed by atoms with Crippen molar-refractivity contribution in [3.05, 3.63) is 30.1 Å². The van der Waals surface area contributed by atoms with E-state index in [1.807, 2.05) is 18.2 Å². The number of aromatic nitrogens is 1. The molecule has 2 rings (SSSR count). The van der Waals surface area contributed by atoms with Crippen LogP contribution in [-0.4, -0.2) is 28.3 Å². The van der Waals surface area contributed by atoms with Crippen LogP contribution < -0.4 is 0 Å². The predicted molar refractivity (Wildman–Crippen MR) is 53.5 cm³/mol. The summed E-state index contributed by atoms with van der Waals surface area (Å²) in [6.45, 7) is 0.527. The van der Waals surface area contributed by atoms with Gasteiger partial charge in [-0.15, -0.1) is 0 Å². The lowest BCUT2D eigenvalue weighted by molar-refractivity contribution is -0.160. The van der Waals surface area contributed by atoms with Crippen molar-refractivity contribution >= 4 is 5.97 Å². The normalized spacial score (nSPS) is 25.3. The van der Waals surface area contributed by atoms with Gasteiger partial charge in [-0.05, 0) is 25.0 Å². The fourth-order valence-corrected chi connectivity index (χ4v) is 1.88. The molecular formula is C11H13NO3. The van der Waals surface area contributed by atoms with Crippen LogP contribution in [0.3, 0.4) is 0 Å². The van der Waals surface area contributed by atoms with Crippen LogP contribution in [0, 0.1) is 0 Å². The van der Waals surface area contributed by atoms with E-state index in [0.29, 0.717) is 19.4 Å². The summed E-state index contributed by atoms with van der Waals surface area (Å²) in [5.74, 6) is -0.884. The topological polar surface area (TPSA) is 59.4 Å². The summed E-state index contributed by atoms with van der Waals surface area (Å²) >= 11 is 0. The third-order valence-corrected chi connectivity index (χ3v) is 2.69. The van der Waals surface area contributed by atoms with Crippen LogP contribution in [0.1, 0.15) is 18.5 Å². The number of carbonyl (C=O) groups is 1. The zero-order valence-electron chi connectivity index (χ0n) is 8.35. The molecule has 1 unspecified atom stereocenters.